The van der Waals surface area contributed by atoms with Crippen molar-refractivity contribution in [2.24, 2.45) is 0 Å². The molecule has 0 aliphatic rings. The van der Waals surface area contributed by atoms with Gasteiger partial charge in [0.05, 0.1) is 0 Å². The summed E-state index contributed by atoms with van der Waals surface area (Å²) in [5.74, 6) is 0. The van der Waals surface area contributed by atoms with Gasteiger partial charge < -0.3 is 10.2 Å². The Kier molecular flexibility index (Phi) is 6.20. The second-order valence-corrected chi connectivity index (χ2v) is 5.41. The number of hydrogen-bond donors (Lipinski definition) is 1. The number of anilines is 1. The van der Waals surface area contributed by atoms with Crippen molar-refractivity contribution in [3.63, 3.8) is 0 Å². The molecule has 0 spiro atoms. The van der Waals surface area contributed by atoms with Crippen LogP contribution in [0.25, 0.3) is 0 Å². The third-order valence-corrected chi connectivity index (χ3v) is 3.31. The highest BCUT2D eigenvalue weighted by Gasteiger charge is 2.03. The van der Waals surface area contributed by atoms with Gasteiger partial charge in [-0.2, -0.15) is 0 Å². The largest absolute Gasteiger partial charge is 0.373 e. The minimum atomic E-state index is 0.627. The molecule has 1 rings (SSSR count). The van der Waals surface area contributed by atoms with Crippen molar-refractivity contribution in [1.82, 2.24) is 5.32 Å². The number of rotatable bonds is 7. The Balaban J connectivity index is 2.42. The van der Waals surface area contributed by atoms with E-state index in [1.165, 1.54) is 29.7 Å². The smallest absolute Gasteiger partial charge is 0.0369 e. The lowest BCUT2D eigenvalue weighted by Gasteiger charge is -2.22. The maximum absolute atomic E-state index is 3.57. The summed E-state index contributed by atoms with van der Waals surface area (Å²) in [6, 6.07) is 7.35. The van der Waals surface area contributed by atoms with Crippen LogP contribution < -0.4 is 10.2 Å². The van der Waals surface area contributed by atoms with E-state index in [9.17, 15) is 0 Å². The number of aryl methyl sites for hydroxylation is 2. The summed E-state index contributed by atoms with van der Waals surface area (Å²) in [6.45, 7) is 10.9. The van der Waals surface area contributed by atoms with E-state index in [0.717, 1.165) is 13.1 Å². The van der Waals surface area contributed by atoms with Gasteiger partial charge in [0, 0.05) is 31.9 Å². The minimum absolute atomic E-state index is 0.627. The summed E-state index contributed by atoms with van der Waals surface area (Å²) in [7, 11) is 2.17. The highest BCUT2D eigenvalue weighted by atomic mass is 15.1. The molecule has 0 fully saturated rings. The lowest BCUT2D eigenvalue weighted by Crippen LogP contribution is -2.34. The topological polar surface area (TPSA) is 15.3 Å². The first-order valence-electron chi connectivity index (χ1n) is 7.05. The van der Waals surface area contributed by atoms with Crippen molar-refractivity contribution in [3.8, 4) is 0 Å². The van der Waals surface area contributed by atoms with E-state index in [4.69, 9.17) is 0 Å². The van der Waals surface area contributed by atoms with Gasteiger partial charge in [0.15, 0.2) is 0 Å². The first-order chi connectivity index (χ1) is 8.52. The second-order valence-electron chi connectivity index (χ2n) is 5.41. The van der Waals surface area contributed by atoms with Gasteiger partial charge >= 0.3 is 0 Å². The van der Waals surface area contributed by atoms with Crippen molar-refractivity contribution < 1.29 is 0 Å². The molecule has 0 saturated carbocycles. The zero-order valence-electron chi connectivity index (χ0n) is 12.6. The summed E-state index contributed by atoms with van der Waals surface area (Å²) in [6.07, 6.45) is 2.51. The second kappa shape index (κ2) is 7.42. The molecule has 102 valence electrons. The van der Waals surface area contributed by atoms with Crippen LogP contribution in [-0.4, -0.2) is 26.2 Å². The fraction of sp³-hybridized carbons (Fsp3) is 0.625. The molecule has 18 heavy (non-hydrogen) atoms. The first kappa shape index (κ1) is 15.0. The van der Waals surface area contributed by atoms with Crippen LogP contribution in [0.1, 0.15) is 37.8 Å². The Hall–Kier alpha value is -1.02. The number of nitrogens with one attached hydrogen (secondary N) is 1. The van der Waals surface area contributed by atoms with Gasteiger partial charge in [-0.25, -0.2) is 0 Å². The molecule has 0 radical (unpaired) electrons. The number of nitrogens with zero attached hydrogens (tertiary/aromatic N) is 1. The van der Waals surface area contributed by atoms with Gasteiger partial charge in [0.2, 0.25) is 0 Å². The molecule has 2 heteroatoms. The highest BCUT2D eigenvalue weighted by Crippen LogP contribution is 2.16. The maximum atomic E-state index is 3.57. The monoisotopic (exact) mass is 248 g/mol. The molecule has 0 aliphatic heterocycles. The zero-order valence-corrected chi connectivity index (χ0v) is 12.6. The standard InChI is InChI=1S/C16H28N2/c1-6-7-15(4)17-8-9-18(5)16-11-13(2)10-14(3)12-16/h10-12,15,17H,6-9H2,1-5H3. The normalized spacial score (nSPS) is 12.5. The predicted molar refractivity (Wildman–Crippen MR) is 81.6 cm³/mol. The van der Waals surface area contributed by atoms with Crippen molar-refractivity contribution in [1.29, 1.82) is 0 Å². The molecule has 2 nitrogen and oxygen atoms in total. The Morgan fingerprint density at radius 2 is 1.78 bits per heavy atom. The zero-order chi connectivity index (χ0) is 13.5. The lowest BCUT2D eigenvalue weighted by atomic mass is 10.1. The minimum Gasteiger partial charge on any atom is -0.373 e. The van der Waals surface area contributed by atoms with E-state index in [-0.39, 0.29) is 0 Å². The van der Waals surface area contributed by atoms with Crippen molar-refractivity contribution in [3.05, 3.63) is 29.3 Å². The van der Waals surface area contributed by atoms with Crippen LogP contribution in [0.4, 0.5) is 5.69 Å². The molecule has 0 saturated heterocycles. The fourth-order valence-corrected chi connectivity index (χ4v) is 2.31. The average Bonchev–Trinajstić information content (AvgIpc) is 2.27. The van der Waals surface area contributed by atoms with E-state index < -0.39 is 0 Å². The summed E-state index contributed by atoms with van der Waals surface area (Å²) in [5, 5.41) is 3.57. The van der Waals surface area contributed by atoms with Crippen LogP contribution in [-0.2, 0) is 0 Å². The summed E-state index contributed by atoms with van der Waals surface area (Å²) in [4.78, 5) is 2.33. The number of benzene rings is 1. The van der Waals surface area contributed by atoms with Crippen molar-refractivity contribution in [2.75, 3.05) is 25.0 Å². The Bertz CT molecular complexity index is 340. The Morgan fingerprint density at radius 1 is 1.17 bits per heavy atom. The molecule has 1 atom stereocenters. The van der Waals surface area contributed by atoms with Crippen LogP contribution in [0, 0.1) is 13.8 Å². The molecule has 0 aliphatic carbocycles. The SMILES string of the molecule is CCCC(C)NCCN(C)c1cc(C)cc(C)c1. The summed E-state index contributed by atoms with van der Waals surface area (Å²) in [5.41, 5.74) is 3.99. The molecule has 0 heterocycles. The number of hydrogen-bond acceptors (Lipinski definition) is 2. The van der Waals surface area contributed by atoms with Crippen molar-refractivity contribution in [2.45, 2.75) is 46.6 Å². The van der Waals surface area contributed by atoms with Gasteiger partial charge in [-0.05, 0) is 50.5 Å². The van der Waals surface area contributed by atoms with Crippen LogP contribution in [0.15, 0.2) is 18.2 Å². The lowest BCUT2D eigenvalue weighted by molar-refractivity contribution is 0.512. The van der Waals surface area contributed by atoms with Crippen LogP contribution in [0.2, 0.25) is 0 Å². The van der Waals surface area contributed by atoms with Crippen LogP contribution in [0.5, 0.6) is 0 Å². The van der Waals surface area contributed by atoms with E-state index in [2.05, 4.69) is 63.2 Å². The fourth-order valence-electron chi connectivity index (χ4n) is 2.31. The van der Waals surface area contributed by atoms with Gasteiger partial charge in [0.25, 0.3) is 0 Å². The molecule has 0 aromatic heterocycles. The molecule has 1 aromatic rings. The molecule has 0 amide bonds. The van der Waals surface area contributed by atoms with Crippen LogP contribution >= 0.6 is 0 Å². The van der Waals surface area contributed by atoms with E-state index >= 15 is 0 Å². The molecule has 1 aromatic carbocycles. The quantitative estimate of drug-likeness (QED) is 0.794. The first-order valence-corrected chi connectivity index (χ1v) is 7.05. The van der Waals surface area contributed by atoms with Crippen molar-refractivity contribution >= 4 is 5.69 Å². The molecule has 0 bridgehead atoms. The van der Waals surface area contributed by atoms with Gasteiger partial charge in [-0.1, -0.05) is 19.4 Å². The highest BCUT2D eigenvalue weighted by molar-refractivity contribution is 5.50. The van der Waals surface area contributed by atoms with E-state index in [0.29, 0.717) is 6.04 Å². The summed E-state index contributed by atoms with van der Waals surface area (Å²) >= 11 is 0. The van der Waals surface area contributed by atoms with Gasteiger partial charge in [-0.3, -0.25) is 0 Å². The predicted octanol–water partition coefficient (Wildman–Crippen LogP) is 3.52. The van der Waals surface area contributed by atoms with E-state index in [1.807, 2.05) is 0 Å². The third kappa shape index (κ3) is 5.09. The van der Waals surface area contributed by atoms with E-state index in [1.54, 1.807) is 0 Å². The molecule has 1 N–H and O–H groups in total. The molecule has 1 unspecified atom stereocenters. The Morgan fingerprint density at radius 3 is 2.33 bits per heavy atom. The summed E-state index contributed by atoms with van der Waals surface area (Å²) < 4.78 is 0. The Labute approximate surface area is 112 Å². The van der Waals surface area contributed by atoms with Gasteiger partial charge in [0.1, 0.15) is 0 Å². The van der Waals surface area contributed by atoms with Gasteiger partial charge in [-0.15, -0.1) is 0 Å². The molecular formula is C16H28N2. The maximum Gasteiger partial charge on any atom is 0.0369 e. The molecular weight excluding hydrogens is 220 g/mol. The van der Waals surface area contributed by atoms with Crippen LogP contribution in [0.3, 0.4) is 0 Å². The number of likely N-dealkylation sites (N-methyl/N-ethyl adjacent to an activating group) is 1. The third-order valence-electron chi connectivity index (χ3n) is 3.31. The average molecular weight is 248 g/mol.